The lowest BCUT2D eigenvalue weighted by Crippen LogP contribution is -2.60. The molecule has 3 aliphatic rings. The number of ether oxygens (including phenoxy) is 4. The van der Waals surface area contributed by atoms with Crippen LogP contribution in [0.5, 0.6) is 11.5 Å². The highest BCUT2D eigenvalue weighted by Crippen LogP contribution is 2.34. The minimum atomic E-state index is -1.50. The van der Waals surface area contributed by atoms with Crippen molar-refractivity contribution in [2.45, 2.75) is 181 Å². The largest absolute Gasteiger partial charge is 0.493 e. The molecular weight excluding hydrogens is 1160 g/mol. The van der Waals surface area contributed by atoms with Gasteiger partial charge in [0.15, 0.2) is 11.5 Å². The van der Waals surface area contributed by atoms with E-state index in [1.807, 2.05) is 56.3 Å². The number of anilines is 1. The summed E-state index contributed by atoms with van der Waals surface area (Å²) in [5, 5.41) is 8.88. The molecule has 6 rings (SSSR count). The first-order valence-electron chi connectivity index (χ1n) is 32.2. The molecule has 1 aliphatic carbocycles. The first kappa shape index (κ1) is 72.0. The number of hydrogen-bond acceptors (Lipinski definition) is 14. The van der Waals surface area contributed by atoms with Crippen LogP contribution in [0.4, 0.5) is 5.69 Å². The van der Waals surface area contributed by atoms with Crippen LogP contribution in [0.2, 0.25) is 0 Å². The van der Waals surface area contributed by atoms with E-state index in [2.05, 4.69) is 16.0 Å². The Balaban J connectivity index is 1.33. The number of likely N-dealkylation sites (N-methyl/N-ethyl adjacent to an activating group) is 3. The molecule has 91 heavy (non-hydrogen) atoms. The van der Waals surface area contributed by atoms with Gasteiger partial charge >= 0.3 is 11.9 Å². The number of aryl methyl sites for hydroxylation is 1. The second kappa shape index (κ2) is 34.4. The molecule has 7 amide bonds. The summed E-state index contributed by atoms with van der Waals surface area (Å²) >= 11 is 0. The van der Waals surface area contributed by atoms with Crippen LogP contribution in [0, 0.1) is 23.2 Å². The van der Waals surface area contributed by atoms with E-state index in [1.54, 1.807) is 51.2 Å². The topological polar surface area (TPSA) is 257 Å². The van der Waals surface area contributed by atoms with Crippen LogP contribution in [0.3, 0.4) is 0 Å². The van der Waals surface area contributed by atoms with Gasteiger partial charge in [-0.05, 0) is 124 Å². The molecule has 2 heterocycles. The van der Waals surface area contributed by atoms with E-state index < -0.39 is 107 Å². The Kier molecular flexibility index (Phi) is 27.2. The minimum absolute atomic E-state index is 0.0498. The summed E-state index contributed by atoms with van der Waals surface area (Å²) in [6, 6.07) is 15.9. The molecule has 1 saturated carbocycles. The molecule has 21 heteroatoms. The second-order valence-corrected chi connectivity index (χ2v) is 25.9. The lowest BCUT2D eigenvalue weighted by Gasteiger charge is -2.36. The van der Waals surface area contributed by atoms with Gasteiger partial charge in [0.05, 0.1) is 19.6 Å². The highest BCUT2D eigenvalue weighted by molar-refractivity contribution is 6.38. The summed E-state index contributed by atoms with van der Waals surface area (Å²) in [7, 11) is 7.67. The van der Waals surface area contributed by atoms with E-state index in [4.69, 9.17) is 18.9 Å². The number of ketones is 1. The molecule has 0 radical (unpaired) electrons. The molecule has 21 nitrogen and oxygen atoms in total. The quantitative estimate of drug-likeness (QED) is 0.114. The summed E-state index contributed by atoms with van der Waals surface area (Å²) in [5.41, 5.74) is 0.905. The van der Waals surface area contributed by atoms with Crippen molar-refractivity contribution in [3.05, 3.63) is 102 Å². The van der Waals surface area contributed by atoms with Crippen LogP contribution >= 0.6 is 0 Å². The number of benzene rings is 3. The molecule has 0 unspecified atom stereocenters. The van der Waals surface area contributed by atoms with Crippen molar-refractivity contribution in [3.63, 3.8) is 0 Å². The van der Waals surface area contributed by atoms with E-state index in [0.717, 1.165) is 43.2 Å². The molecule has 0 aromatic heterocycles. The van der Waals surface area contributed by atoms with Gasteiger partial charge in [-0.25, -0.2) is 9.59 Å². The number of Topliss-reactive ketones (excluding diaryl/α,β-unsaturated/α-hetero) is 1. The predicted octanol–water partition coefficient (Wildman–Crippen LogP) is 8.12. The summed E-state index contributed by atoms with van der Waals surface area (Å²) in [6.45, 7) is 10.2. The number of nitrogens with one attached hydrogen (secondary N) is 3. The second-order valence-electron chi connectivity index (χ2n) is 25.9. The Morgan fingerprint density at radius 1 is 0.692 bits per heavy atom. The summed E-state index contributed by atoms with van der Waals surface area (Å²) in [5.74, 6) is -5.75. The fraction of sp³-hybridized carbons (Fsp3) is 0.571. The predicted molar refractivity (Wildman–Crippen MR) is 344 cm³/mol. The lowest BCUT2D eigenvalue weighted by molar-refractivity contribution is -0.165. The first-order chi connectivity index (χ1) is 43.3. The van der Waals surface area contributed by atoms with Crippen molar-refractivity contribution < 1.29 is 66.9 Å². The van der Waals surface area contributed by atoms with Gasteiger partial charge in [-0.3, -0.25) is 38.4 Å². The van der Waals surface area contributed by atoms with E-state index >= 15 is 4.79 Å². The average Bonchev–Trinajstić information content (AvgIpc) is 3.71. The Hall–Kier alpha value is -8.10. The highest BCUT2D eigenvalue weighted by atomic mass is 16.5. The van der Waals surface area contributed by atoms with Crippen LogP contribution in [-0.2, 0) is 70.3 Å². The Morgan fingerprint density at radius 3 is 2.07 bits per heavy atom. The van der Waals surface area contributed by atoms with Gasteiger partial charge in [0.25, 0.3) is 5.91 Å². The molecule has 2 fully saturated rings. The van der Waals surface area contributed by atoms with Crippen LogP contribution in [0.1, 0.15) is 154 Å². The van der Waals surface area contributed by atoms with E-state index in [9.17, 15) is 43.2 Å². The third kappa shape index (κ3) is 20.7. The molecule has 2 bridgehead atoms. The lowest BCUT2D eigenvalue weighted by atomic mass is 9.84. The Labute approximate surface area is 537 Å². The van der Waals surface area contributed by atoms with Crippen molar-refractivity contribution in [2.24, 2.45) is 23.2 Å². The molecule has 6 atom stereocenters. The zero-order valence-corrected chi connectivity index (χ0v) is 55.2. The monoisotopic (exact) mass is 1260 g/mol. The number of methoxy groups -OCH3 is 2. The SMILES string of the molecule is COc1ccc(CC[C@H]2OC(=O)[C@@H]3CCCCN3C(=O)C(=O)C(C)(C)COC(=O)/C=C\CCN(C)C(=O)[C@H](CC3CCCCC3)NC(=O)[C@H](C(C)C)N(C)C(=O)[C@@H](Cc3ccccc3)NC(=O)[C@H](CC(C)C)N(C)C(=O)CCC(=O)Nc3cccc2c3)cc1OC. The summed E-state index contributed by atoms with van der Waals surface area (Å²) in [6.07, 6.45) is 8.85. The fourth-order valence-corrected chi connectivity index (χ4v) is 12.2. The summed E-state index contributed by atoms with van der Waals surface area (Å²) < 4.78 is 22.9. The number of rotatable bonds is 12. The van der Waals surface area contributed by atoms with Crippen LogP contribution < -0.4 is 25.4 Å². The fourth-order valence-electron chi connectivity index (χ4n) is 12.2. The molecule has 3 aromatic rings. The highest BCUT2D eigenvalue weighted by Gasteiger charge is 2.43. The van der Waals surface area contributed by atoms with Crippen LogP contribution in [0.25, 0.3) is 0 Å². The number of hydrogen-bond donors (Lipinski definition) is 3. The smallest absolute Gasteiger partial charge is 0.330 e. The van der Waals surface area contributed by atoms with Gasteiger partial charge in [0.1, 0.15) is 42.9 Å². The van der Waals surface area contributed by atoms with Crippen LogP contribution in [0.15, 0.2) is 84.9 Å². The van der Waals surface area contributed by atoms with Gasteiger partial charge in [-0.2, -0.15) is 0 Å². The van der Waals surface area contributed by atoms with Gasteiger partial charge in [-0.1, -0.05) is 114 Å². The number of nitrogens with zero attached hydrogens (tertiary/aromatic N) is 4. The maximum absolute atomic E-state index is 15.0. The minimum Gasteiger partial charge on any atom is -0.493 e. The molecule has 3 N–H and O–H groups in total. The number of cyclic esters (lactones) is 2. The Morgan fingerprint density at radius 2 is 1.38 bits per heavy atom. The summed E-state index contributed by atoms with van der Waals surface area (Å²) in [4.78, 5) is 148. The zero-order chi connectivity index (χ0) is 66.5. The van der Waals surface area contributed by atoms with E-state index in [1.165, 1.54) is 73.9 Å². The van der Waals surface area contributed by atoms with E-state index in [0.29, 0.717) is 48.4 Å². The number of amides is 7. The van der Waals surface area contributed by atoms with Gasteiger partial charge in [-0.15, -0.1) is 0 Å². The van der Waals surface area contributed by atoms with Crippen molar-refractivity contribution in [1.29, 1.82) is 0 Å². The maximum atomic E-state index is 15.0. The average molecular weight is 1260 g/mol. The van der Waals surface area contributed by atoms with Crippen molar-refractivity contribution in [1.82, 2.24) is 30.2 Å². The third-order valence-corrected chi connectivity index (χ3v) is 17.5. The Bertz CT molecular complexity index is 3050. The number of fused-ring (bicyclic) bond motifs is 3. The third-order valence-electron chi connectivity index (χ3n) is 17.5. The molecule has 496 valence electrons. The van der Waals surface area contributed by atoms with Crippen LogP contribution in [-0.4, -0.2) is 164 Å². The zero-order valence-electron chi connectivity index (χ0n) is 55.2. The number of esters is 2. The normalized spacial score (nSPS) is 23.8. The number of piperidine rings is 1. The van der Waals surface area contributed by atoms with Crippen molar-refractivity contribution in [2.75, 3.05) is 60.4 Å². The van der Waals surface area contributed by atoms with E-state index in [-0.39, 0.29) is 75.8 Å². The molecule has 0 spiro atoms. The molecule has 1 saturated heterocycles. The first-order valence-corrected chi connectivity index (χ1v) is 32.2. The van der Waals surface area contributed by atoms with Gasteiger partial charge in [0.2, 0.25) is 41.2 Å². The maximum Gasteiger partial charge on any atom is 0.330 e. The standard InChI is InChI=1S/C70H97N7O14/c1-45(2)39-55-64(82)72-53(41-48-25-16-13-17-26-48)67(85)76(9)62(46(3)4)65(83)73-52(40-47-23-14-12-15-24-47)66(84)74(7)37-20-19-30-61(80)90-44-70(5,6)63(81)68(86)77-38-21-18-29-54(77)69(87)91-56(33-31-49-32-34-57(88-10)58(42-49)89-11)50-27-22-28-51(43-50)71-59(78)35-36-60(79)75(55)8/h13,16-17,19,22,25-28,30,32,34,42-43,45-47,52-56,62H,12,14-15,18,20-21,23-24,29,31,33,35-41,44H2,1-11H3,(H,71,78)(H,72,82)(H,73,83)/b30-19-/t52-,53+,54-,55-,56+,62-/m0/s1. The number of carbonyl (C=O) groups excluding carboxylic acids is 10. The van der Waals surface area contributed by atoms with Gasteiger partial charge in [0, 0.05) is 65.3 Å². The molecule has 3 aromatic carbocycles. The molecular formula is C70H97N7O14. The number of carbonyl (C=O) groups is 10. The molecule has 2 aliphatic heterocycles. The van der Waals surface area contributed by atoms with Gasteiger partial charge < -0.3 is 54.5 Å². The van der Waals surface area contributed by atoms with Crippen molar-refractivity contribution in [3.8, 4) is 11.5 Å². The van der Waals surface area contributed by atoms with Crippen molar-refractivity contribution >= 4 is 64.8 Å².